The van der Waals surface area contributed by atoms with Crippen LogP contribution in [0.4, 0.5) is 0 Å². The summed E-state index contributed by atoms with van der Waals surface area (Å²) >= 11 is 0. The van der Waals surface area contributed by atoms with Gasteiger partial charge in [0.25, 0.3) is 0 Å². The molecule has 0 bridgehead atoms. The van der Waals surface area contributed by atoms with Crippen molar-refractivity contribution >= 4 is 0 Å². The summed E-state index contributed by atoms with van der Waals surface area (Å²) in [7, 11) is 0. The van der Waals surface area contributed by atoms with Crippen molar-refractivity contribution in [3.63, 3.8) is 0 Å². The molecule has 0 aliphatic heterocycles. The molecule has 72 valence electrons. The van der Waals surface area contributed by atoms with Crippen molar-refractivity contribution in [3.05, 3.63) is 22.1 Å². The summed E-state index contributed by atoms with van der Waals surface area (Å²) in [5, 5.41) is 3.54. The molecule has 1 rings (SSSR count). The quantitative estimate of drug-likeness (QED) is 0.207. The van der Waals surface area contributed by atoms with Crippen LogP contribution in [0.15, 0.2) is 16.8 Å². The molecule has 0 saturated heterocycles. The van der Waals surface area contributed by atoms with Gasteiger partial charge in [0.15, 0.2) is 0 Å². The molecule has 0 N–H and O–H groups in total. The van der Waals surface area contributed by atoms with Crippen molar-refractivity contribution in [1.29, 1.82) is 0 Å². The van der Waals surface area contributed by atoms with E-state index in [4.69, 9.17) is 5.53 Å². The molecule has 0 fully saturated rings. The first-order valence-electron chi connectivity index (χ1n) is 5.02. The zero-order chi connectivity index (χ0) is 9.52. The Morgan fingerprint density at radius 2 is 2.54 bits per heavy atom. The zero-order valence-electron chi connectivity index (χ0n) is 8.24. The van der Waals surface area contributed by atoms with Gasteiger partial charge in [-0.15, -0.1) is 0 Å². The Labute approximate surface area is 79.5 Å². The van der Waals surface area contributed by atoms with E-state index in [1.807, 2.05) is 0 Å². The van der Waals surface area contributed by atoms with Gasteiger partial charge in [0.2, 0.25) is 0 Å². The van der Waals surface area contributed by atoms with Gasteiger partial charge in [0, 0.05) is 11.5 Å². The molecule has 0 heterocycles. The van der Waals surface area contributed by atoms with Gasteiger partial charge in [0.05, 0.1) is 0 Å². The minimum Gasteiger partial charge on any atom is -0.0940 e. The summed E-state index contributed by atoms with van der Waals surface area (Å²) in [6.45, 7) is 2.87. The maximum atomic E-state index is 8.10. The highest BCUT2D eigenvalue weighted by atomic mass is 15.1. The Bertz CT molecular complexity index is 226. The first-order valence-corrected chi connectivity index (χ1v) is 5.02. The van der Waals surface area contributed by atoms with Gasteiger partial charge in [0.1, 0.15) is 0 Å². The molecule has 0 aromatic heterocycles. The lowest BCUT2D eigenvalue weighted by atomic mass is 9.85. The third-order valence-electron chi connectivity index (χ3n) is 2.74. The summed E-state index contributed by atoms with van der Waals surface area (Å²) in [5.41, 5.74) is 9.64. The molecular weight excluding hydrogens is 162 g/mol. The van der Waals surface area contributed by atoms with Crippen molar-refractivity contribution in [1.82, 2.24) is 0 Å². The van der Waals surface area contributed by atoms with Gasteiger partial charge >= 0.3 is 0 Å². The average molecular weight is 179 g/mol. The largest absolute Gasteiger partial charge is 0.0940 e. The van der Waals surface area contributed by atoms with Gasteiger partial charge in [-0.2, -0.15) is 0 Å². The SMILES string of the molecule is CC1=CCCCC1CCCN=[N+]=[N-]. The predicted octanol–water partition coefficient (Wildman–Crippen LogP) is 3.82. The van der Waals surface area contributed by atoms with E-state index >= 15 is 0 Å². The smallest absolute Gasteiger partial charge is 0.0258 e. The van der Waals surface area contributed by atoms with Crippen LogP contribution in [0.25, 0.3) is 10.4 Å². The molecule has 3 heteroatoms. The van der Waals surface area contributed by atoms with Gasteiger partial charge in [-0.05, 0) is 50.5 Å². The lowest BCUT2D eigenvalue weighted by Gasteiger charge is -2.21. The Hall–Kier alpha value is -0.950. The molecule has 0 radical (unpaired) electrons. The molecule has 1 aliphatic carbocycles. The fourth-order valence-corrected chi connectivity index (χ4v) is 1.91. The van der Waals surface area contributed by atoms with Crippen LogP contribution in [0.5, 0.6) is 0 Å². The van der Waals surface area contributed by atoms with Gasteiger partial charge in [-0.1, -0.05) is 16.8 Å². The number of rotatable bonds is 4. The molecule has 3 nitrogen and oxygen atoms in total. The molecule has 1 atom stereocenters. The molecule has 0 aromatic rings. The minimum absolute atomic E-state index is 0.653. The maximum Gasteiger partial charge on any atom is 0.0258 e. The zero-order valence-corrected chi connectivity index (χ0v) is 8.24. The van der Waals surface area contributed by atoms with Crippen LogP contribution in [0.2, 0.25) is 0 Å². The molecule has 13 heavy (non-hydrogen) atoms. The highest BCUT2D eigenvalue weighted by Gasteiger charge is 2.12. The number of hydrogen-bond acceptors (Lipinski definition) is 1. The van der Waals surface area contributed by atoms with E-state index in [-0.39, 0.29) is 0 Å². The summed E-state index contributed by atoms with van der Waals surface area (Å²) in [5.74, 6) is 0.752. The fourth-order valence-electron chi connectivity index (χ4n) is 1.91. The topological polar surface area (TPSA) is 48.8 Å². The normalized spacial score (nSPS) is 21.9. The van der Waals surface area contributed by atoms with E-state index in [1.54, 1.807) is 0 Å². The van der Waals surface area contributed by atoms with Crippen molar-refractivity contribution < 1.29 is 0 Å². The Balaban J connectivity index is 2.23. The monoisotopic (exact) mass is 179 g/mol. The second-order valence-electron chi connectivity index (χ2n) is 3.67. The predicted molar refractivity (Wildman–Crippen MR) is 54.3 cm³/mol. The Morgan fingerprint density at radius 3 is 3.23 bits per heavy atom. The summed E-state index contributed by atoms with van der Waals surface area (Å²) < 4.78 is 0. The second kappa shape index (κ2) is 5.65. The van der Waals surface area contributed by atoms with Crippen molar-refractivity contribution in [3.8, 4) is 0 Å². The third kappa shape index (κ3) is 3.51. The first kappa shape index (κ1) is 10.1. The Kier molecular flexibility index (Phi) is 4.41. The number of hydrogen-bond donors (Lipinski definition) is 0. The van der Waals surface area contributed by atoms with Gasteiger partial charge in [-0.25, -0.2) is 0 Å². The maximum absolute atomic E-state index is 8.10. The standard InChI is InChI=1S/C10H17N3/c1-9-5-2-3-6-10(9)7-4-8-12-13-11/h5,10H,2-4,6-8H2,1H3. The van der Waals surface area contributed by atoms with Crippen molar-refractivity contribution in [2.75, 3.05) is 6.54 Å². The van der Waals surface area contributed by atoms with Crippen LogP contribution in [0.1, 0.15) is 39.0 Å². The van der Waals surface area contributed by atoms with E-state index in [9.17, 15) is 0 Å². The first-order chi connectivity index (χ1) is 6.34. The summed E-state index contributed by atoms with van der Waals surface area (Å²) in [4.78, 5) is 2.75. The number of azide groups is 1. The number of nitrogens with zero attached hydrogens (tertiary/aromatic N) is 3. The van der Waals surface area contributed by atoms with Gasteiger partial charge < -0.3 is 0 Å². The van der Waals surface area contributed by atoms with E-state index < -0.39 is 0 Å². The molecule has 1 unspecified atom stereocenters. The molecule has 0 saturated carbocycles. The van der Waals surface area contributed by atoms with Crippen molar-refractivity contribution in [2.45, 2.75) is 39.0 Å². The van der Waals surface area contributed by atoms with Crippen LogP contribution >= 0.6 is 0 Å². The number of allylic oxidation sites excluding steroid dienone is 2. The second-order valence-corrected chi connectivity index (χ2v) is 3.67. The van der Waals surface area contributed by atoms with E-state index in [1.165, 1.54) is 31.3 Å². The molecule has 1 aliphatic rings. The lowest BCUT2D eigenvalue weighted by molar-refractivity contribution is 0.466. The van der Waals surface area contributed by atoms with E-state index in [2.05, 4.69) is 23.0 Å². The third-order valence-corrected chi connectivity index (χ3v) is 2.74. The van der Waals surface area contributed by atoms with E-state index in [0.29, 0.717) is 6.54 Å². The van der Waals surface area contributed by atoms with Crippen LogP contribution in [-0.2, 0) is 0 Å². The van der Waals surface area contributed by atoms with E-state index in [0.717, 1.165) is 12.3 Å². The average Bonchev–Trinajstić information content (AvgIpc) is 2.15. The molecule has 0 spiro atoms. The minimum atomic E-state index is 0.653. The lowest BCUT2D eigenvalue weighted by Crippen LogP contribution is -2.06. The fraction of sp³-hybridized carbons (Fsp3) is 0.800. The summed E-state index contributed by atoms with van der Waals surface area (Å²) in [6, 6.07) is 0. The molecule has 0 amide bonds. The highest BCUT2D eigenvalue weighted by Crippen LogP contribution is 2.27. The van der Waals surface area contributed by atoms with Crippen LogP contribution < -0.4 is 0 Å². The van der Waals surface area contributed by atoms with Crippen LogP contribution in [0, 0.1) is 5.92 Å². The highest BCUT2D eigenvalue weighted by molar-refractivity contribution is 5.06. The molecule has 0 aromatic carbocycles. The van der Waals surface area contributed by atoms with Gasteiger partial charge in [-0.3, -0.25) is 0 Å². The summed E-state index contributed by atoms with van der Waals surface area (Å²) in [6.07, 6.45) is 8.45. The van der Waals surface area contributed by atoms with Crippen molar-refractivity contribution in [2.24, 2.45) is 11.0 Å². The Morgan fingerprint density at radius 1 is 1.69 bits per heavy atom. The van der Waals surface area contributed by atoms with Crippen LogP contribution in [-0.4, -0.2) is 6.54 Å². The van der Waals surface area contributed by atoms with Crippen LogP contribution in [0.3, 0.4) is 0 Å². The molecular formula is C10H17N3.